The lowest BCUT2D eigenvalue weighted by atomic mass is 10.3. The summed E-state index contributed by atoms with van der Waals surface area (Å²) < 4.78 is 12.6. The normalized spacial score (nSPS) is 10.7. The van der Waals surface area contributed by atoms with Crippen molar-refractivity contribution in [3.63, 3.8) is 0 Å². The Hall–Kier alpha value is -2.54. The number of imidazole rings is 1. The van der Waals surface area contributed by atoms with Gasteiger partial charge in [0.25, 0.3) is 5.91 Å². The maximum atomic E-state index is 12.1. The largest absolute Gasteiger partial charge is 0.497 e. The number of hydrogen-bond acceptors (Lipinski definition) is 5. The van der Waals surface area contributed by atoms with E-state index in [1.807, 2.05) is 41.0 Å². The summed E-state index contributed by atoms with van der Waals surface area (Å²) in [6.07, 6.45) is 1.75. The molecule has 0 atom stereocenters. The molecule has 0 spiro atoms. The van der Waals surface area contributed by atoms with E-state index in [1.165, 1.54) is 11.3 Å². The van der Waals surface area contributed by atoms with Crippen molar-refractivity contribution in [3.05, 3.63) is 47.2 Å². The average Bonchev–Trinajstić information content (AvgIpc) is 3.14. The second kappa shape index (κ2) is 6.70. The van der Waals surface area contributed by atoms with E-state index in [9.17, 15) is 4.79 Å². The van der Waals surface area contributed by atoms with Gasteiger partial charge in [0, 0.05) is 17.3 Å². The van der Waals surface area contributed by atoms with Crippen molar-refractivity contribution < 1.29 is 14.3 Å². The zero-order valence-electron chi connectivity index (χ0n) is 12.9. The van der Waals surface area contributed by atoms with Crippen molar-refractivity contribution in [1.82, 2.24) is 14.7 Å². The van der Waals surface area contributed by atoms with Gasteiger partial charge in [0.1, 0.15) is 23.8 Å². The molecule has 1 amide bonds. The first-order valence-electron chi connectivity index (χ1n) is 7.15. The Balaban J connectivity index is 1.48. The van der Waals surface area contributed by atoms with Crippen molar-refractivity contribution in [3.8, 4) is 11.5 Å². The van der Waals surface area contributed by atoms with Crippen molar-refractivity contribution >= 4 is 22.2 Å². The van der Waals surface area contributed by atoms with Crippen LogP contribution < -0.4 is 14.8 Å². The standard InChI is InChI=1S/C16H17N3O3S/c1-11-10-23-16-18-14(9-19(11)16)15(20)17-7-8-22-13-5-3-12(21-2)4-6-13/h3-6,9-10H,7-8H2,1-2H3,(H,17,20). The van der Waals surface area contributed by atoms with E-state index in [2.05, 4.69) is 10.3 Å². The highest BCUT2D eigenvalue weighted by molar-refractivity contribution is 7.15. The predicted molar refractivity (Wildman–Crippen MR) is 88.6 cm³/mol. The van der Waals surface area contributed by atoms with Gasteiger partial charge in [0.2, 0.25) is 0 Å². The van der Waals surface area contributed by atoms with Crippen molar-refractivity contribution in [2.75, 3.05) is 20.3 Å². The number of hydrogen-bond donors (Lipinski definition) is 1. The van der Waals surface area contributed by atoms with Crippen LogP contribution in [0.1, 0.15) is 16.2 Å². The molecular formula is C16H17N3O3S. The molecule has 0 aliphatic rings. The number of carbonyl (C=O) groups excluding carboxylic acids is 1. The average molecular weight is 331 g/mol. The Bertz CT molecular complexity index is 808. The van der Waals surface area contributed by atoms with Crippen LogP contribution in [0.25, 0.3) is 4.96 Å². The number of fused-ring (bicyclic) bond motifs is 1. The smallest absolute Gasteiger partial charge is 0.271 e. The van der Waals surface area contributed by atoms with E-state index in [0.29, 0.717) is 18.8 Å². The Morgan fingerprint density at radius 3 is 2.74 bits per heavy atom. The molecule has 23 heavy (non-hydrogen) atoms. The number of thiazole rings is 1. The molecule has 3 aromatic rings. The highest BCUT2D eigenvalue weighted by atomic mass is 32.1. The van der Waals surface area contributed by atoms with Crippen LogP contribution in [0.15, 0.2) is 35.8 Å². The van der Waals surface area contributed by atoms with Gasteiger partial charge in [-0.25, -0.2) is 4.98 Å². The predicted octanol–water partition coefficient (Wildman–Crippen LogP) is 2.52. The van der Waals surface area contributed by atoms with Gasteiger partial charge in [-0.2, -0.15) is 0 Å². The molecule has 3 rings (SSSR count). The number of carbonyl (C=O) groups is 1. The van der Waals surface area contributed by atoms with Gasteiger partial charge in [0.05, 0.1) is 13.7 Å². The maximum absolute atomic E-state index is 12.1. The lowest BCUT2D eigenvalue weighted by molar-refractivity contribution is 0.0942. The third-order valence-corrected chi connectivity index (χ3v) is 4.29. The number of aromatic nitrogens is 2. The first kappa shape index (κ1) is 15.4. The molecule has 0 fully saturated rings. The monoisotopic (exact) mass is 331 g/mol. The summed E-state index contributed by atoms with van der Waals surface area (Å²) in [5.74, 6) is 1.32. The molecule has 120 valence electrons. The quantitative estimate of drug-likeness (QED) is 0.705. The fourth-order valence-electron chi connectivity index (χ4n) is 2.10. The van der Waals surface area contributed by atoms with Crippen LogP contribution in [-0.2, 0) is 0 Å². The molecule has 0 unspecified atom stereocenters. The SMILES string of the molecule is COc1ccc(OCCNC(=O)c2cn3c(C)csc3n2)cc1. The van der Waals surface area contributed by atoms with E-state index >= 15 is 0 Å². The number of nitrogens with zero attached hydrogens (tertiary/aromatic N) is 2. The Morgan fingerprint density at radius 2 is 2.04 bits per heavy atom. The van der Waals surface area contributed by atoms with Crippen molar-refractivity contribution in [2.45, 2.75) is 6.92 Å². The van der Waals surface area contributed by atoms with Crippen LogP contribution in [0.5, 0.6) is 11.5 Å². The fraction of sp³-hybridized carbons (Fsp3) is 0.250. The van der Waals surface area contributed by atoms with E-state index in [-0.39, 0.29) is 5.91 Å². The van der Waals surface area contributed by atoms with Gasteiger partial charge in [0.15, 0.2) is 4.96 Å². The molecule has 0 saturated heterocycles. The summed E-state index contributed by atoms with van der Waals surface area (Å²) in [7, 11) is 1.62. The van der Waals surface area contributed by atoms with Gasteiger partial charge in [-0.05, 0) is 31.2 Å². The molecule has 2 aromatic heterocycles. The van der Waals surface area contributed by atoms with Gasteiger partial charge >= 0.3 is 0 Å². The van der Waals surface area contributed by atoms with Crippen LogP contribution in [0.4, 0.5) is 0 Å². The van der Waals surface area contributed by atoms with Crippen LogP contribution in [-0.4, -0.2) is 35.6 Å². The number of nitrogens with one attached hydrogen (secondary N) is 1. The molecule has 1 aromatic carbocycles. The second-order valence-corrected chi connectivity index (χ2v) is 5.77. The van der Waals surface area contributed by atoms with Crippen LogP contribution in [0, 0.1) is 6.92 Å². The van der Waals surface area contributed by atoms with Crippen LogP contribution >= 0.6 is 11.3 Å². The molecule has 7 heteroatoms. The third kappa shape index (κ3) is 3.45. The third-order valence-electron chi connectivity index (χ3n) is 3.34. The highest BCUT2D eigenvalue weighted by Crippen LogP contribution is 2.17. The van der Waals surface area contributed by atoms with Crippen molar-refractivity contribution in [1.29, 1.82) is 0 Å². The summed E-state index contributed by atoms with van der Waals surface area (Å²) in [5, 5.41) is 4.81. The Morgan fingerprint density at radius 1 is 1.30 bits per heavy atom. The molecule has 0 radical (unpaired) electrons. The second-order valence-electron chi connectivity index (χ2n) is 4.94. The lowest BCUT2D eigenvalue weighted by Crippen LogP contribution is -2.28. The number of amides is 1. The first-order valence-corrected chi connectivity index (χ1v) is 8.03. The topological polar surface area (TPSA) is 64.9 Å². The van der Waals surface area contributed by atoms with E-state index in [1.54, 1.807) is 13.3 Å². The van der Waals surface area contributed by atoms with E-state index < -0.39 is 0 Å². The summed E-state index contributed by atoms with van der Waals surface area (Å²) in [6.45, 7) is 2.78. The summed E-state index contributed by atoms with van der Waals surface area (Å²) in [5.41, 5.74) is 1.49. The highest BCUT2D eigenvalue weighted by Gasteiger charge is 2.12. The van der Waals surface area contributed by atoms with Gasteiger partial charge in [-0.3, -0.25) is 9.20 Å². The molecular weight excluding hydrogens is 314 g/mol. The molecule has 0 saturated carbocycles. The summed E-state index contributed by atoms with van der Waals surface area (Å²) in [6, 6.07) is 7.31. The van der Waals surface area contributed by atoms with Crippen LogP contribution in [0.2, 0.25) is 0 Å². The van der Waals surface area contributed by atoms with Gasteiger partial charge < -0.3 is 14.8 Å². The van der Waals surface area contributed by atoms with Gasteiger partial charge in [-0.15, -0.1) is 11.3 Å². The summed E-state index contributed by atoms with van der Waals surface area (Å²) in [4.78, 5) is 17.2. The molecule has 0 bridgehead atoms. The first-order chi connectivity index (χ1) is 11.2. The Labute approximate surface area is 137 Å². The number of rotatable bonds is 6. The maximum Gasteiger partial charge on any atom is 0.271 e. The minimum Gasteiger partial charge on any atom is -0.497 e. The number of benzene rings is 1. The lowest BCUT2D eigenvalue weighted by Gasteiger charge is -2.07. The van der Waals surface area contributed by atoms with E-state index in [0.717, 1.165) is 22.2 Å². The molecule has 1 N–H and O–H groups in total. The van der Waals surface area contributed by atoms with E-state index in [4.69, 9.17) is 9.47 Å². The molecule has 0 aliphatic heterocycles. The number of aryl methyl sites for hydroxylation is 1. The fourth-order valence-corrected chi connectivity index (χ4v) is 2.95. The van der Waals surface area contributed by atoms with Crippen molar-refractivity contribution in [2.24, 2.45) is 0 Å². The molecule has 0 aliphatic carbocycles. The minimum absolute atomic E-state index is 0.196. The number of ether oxygens (including phenoxy) is 2. The summed E-state index contributed by atoms with van der Waals surface area (Å²) >= 11 is 1.52. The minimum atomic E-state index is -0.196. The zero-order chi connectivity index (χ0) is 16.2. The number of methoxy groups -OCH3 is 1. The van der Waals surface area contributed by atoms with Gasteiger partial charge in [-0.1, -0.05) is 0 Å². The molecule has 2 heterocycles. The molecule has 6 nitrogen and oxygen atoms in total. The zero-order valence-corrected chi connectivity index (χ0v) is 13.7. The van der Waals surface area contributed by atoms with Crippen LogP contribution in [0.3, 0.4) is 0 Å². The Kier molecular flexibility index (Phi) is 4.47.